The summed E-state index contributed by atoms with van der Waals surface area (Å²) < 4.78 is 11.5. The van der Waals surface area contributed by atoms with Gasteiger partial charge in [-0.2, -0.15) is 0 Å². The van der Waals surface area contributed by atoms with Crippen molar-refractivity contribution in [1.29, 1.82) is 0 Å². The Balaban J connectivity index is 2.24. The van der Waals surface area contributed by atoms with Crippen LogP contribution in [0.4, 0.5) is 10.5 Å². The summed E-state index contributed by atoms with van der Waals surface area (Å²) in [4.78, 5) is 28.8. The molecule has 0 bridgehead atoms. The maximum absolute atomic E-state index is 12.4. The van der Waals surface area contributed by atoms with Crippen molar-refractivity contribution in [2.45, 2.75) is 59.6 Å². The summed E-state index contributed by atoms with van der Waals surface area (Å²) in [5, 5.41) is 0. The predicted octanol–water partition coefficient (Wildman–Crippen LogP) is 4.77. The van der Waals surface area contributed by atoms with Crippen LogP contribution in [0, 0.1) is 6.92 Å². The van der Waals surface area contributed by atoms with Crippen LogP contribution in [0.15, 0.2) is 16.6 Å². The number of halogens is 1. The molecular weight excluding hydrogens is 424 g/mol. The summed E-state index contributed by atoms with van der Waals surface area (Å²) in [6.45, 7) is 13.8. The van der Waals surface area contributed by atoms with Crippen LogP contribution in [-0.4, -0.2) is 54.8 Å². The summed E-state index contributed by atoms with van der Waals surface area (Å²) in [7, 11) is 0. The minimum atomic E-state index is -0.505. The smallest absolute Gasteiger partial charge is 0.410 e. The number of likely N-dealkylation sites (tertiary alicyclic amines) is 1. The third-order valence-electron chi connectivity index (χ3n) is 4.75. The third-order valence-corrected chi connectivity index (χ3v) is 5.20. The van der Waals surface area contributed by atoms with Gasteiger partial charge in [-0.1, -0.05) is 15.9 Å². The number of anilines is 1. The van der Waals surface area contributed by atoms with Crippen LogP contribution < -0.4 is 4.90 Å². The minimum Gasteiger partial charge on any atom is -0.462 e. The van der Waals surface area contributed by atoms with Gasteiger partial charge in [0.2, 0.25) is 0 Å². The average Bonchev–Trinajstić information content (AvgIpc) is 3.07. The molecule has 1 aliphatic rings. The van der Waals surface area contributed by atoms with Crippen molar-refractivity contribution in [2.24, 2.45) is 0 Å². The summed E-state index contributed by atoms with van der Waals surface area (Å²) >= 11 is 3.52. The Kier molecular flexibility index (Phi) is 7.37. The van der Waals surface area contributed by atoms with E-state index in [-0.39, 0.29) is 18.1 Å². The van der Waals surface area contributed by atoms with Gasteiger partial charge in [-0.3, -0.25) is 0 Å². The Morgan fingerprint density at radius 1 is 1.29 bits per heavy atom. The molecule has 1 aromatic carbocycles. The Morgan fingerprint density at radius 3 is 2.54 bits per heavy atom. The molecule has 6 nitrogen and oxygen atoms in total. The molecule has 1 amide bonds. The highest BCUT2D eigenvalue weighted by molar-refractivity contribution is 9.10. The van der Waals surface area contributed by atoms with E-state index in [1.807, 2.05) is 33.8 Å². The van der Waals surface area contributed by atoms with E-state index in [2.05, 4.69) is 27.8 Å². The summed E-state index contributed by atoms with van der Waals surface area (Å²) in [5.74, 6) is -0.319. The second-order valence-electron chi connectivity index (χ2n) is 7.97. The molecule has 0 N–H and O–H groups in total. The van der Waals surface area contributed by atoms with Gasteiger partial charge in [0.05, 0.1) is 12.2 Å². The maximum atomic E-state index is 12.4. The zero-order valence-electron chi connectivity index (χ0n) is 17.7. The number of benzene rings is 1. The standard InChI is InChI=1S/C21H31BrN2O4/c1-7-24(16-9-10-23(13-16)20(26)28-21(4,5)6)18-12-15(22)11-17(14(18)3)19(25)27-8-2/h11-12,16H,7-10,13H2,1-6H3. The lowest BCUT2D eigenvalue weighted by Gasteiger charge is -2.32. The number of amides is 1. The number of esters is 1. The Hall–Kier alpha value is -1.76. The number of hydrogen-bond donors (Lipinski definition) is 0. The quantitative estimate of drug-likeness (QED) is 0.599. The van der Waals surface area contributed by atoms with Crippen LogP contribution >= 0.6 is 15.9 Å². The van der Waals surface area contributed by atoms with Gasteiger partial charge >= 0.3 is 12.1 Å². The maximum Gasteiger partial charge on any atom is 0.410 e. The van der Waals surface area contributed by atoms with Crippen molar-refractivity contribution in [3.8, 4) is 0 Å². The summed E-state index contributed by atoms with van der Waals surface area (Å²) in [6, 6.07) is 3.99. The van der Waals surface area contributed by atoms with Crippen molar-refractivity contribution < 1.29 is 19.1 Å². The van der Waals surface area contributed by atoms with Gasteiger partial charge in [0, 0.05) is 35.8 Å². The van der Waals surface area contributed by atoms with Gasteiger partial charge in [-0.25, -0.2) is 9.59 Å². The predicted molar refractivity (Wildman–Crippen MR) is 114 cm³/mol. The highest BCUT2D eigenvalue weighted by Gasteiger charge is 2.33. The first-order valence-electron chi connectivity index (χ1n) is 9.79. The van der Waals surface area contributed by atoms with Crippen LogP contribution in [0.3, 0.4) is 0 Å². The number of ether oxygens (including phenoxy) is 2. The molecule has 1 fully saturated rings. The molecule has 1 atom stereocenters. The van der Waals surface area contributed by atoms with Crippen LogP contribution in [0.1, 0.15) is 57.0 Å². The van der Waals surface area contributed by atoms with Crippen molar-refractivity contribution in [3.63, 3.8) is 0 Å². The molecule has 1 heterocycles. The van der Waals surface area contributed by atoms with Crippen molar-refractivity contribution >= 4 is 33.7 Å². The molecule has 0 aromatic heterocycles. The monoisotopic (exact) mass is 454 g/mol. The Bertz CT molecular complexity index is 730. The first-order chi connectivity index (χ1) is 13.1. The molecule has 2 rings (SSSR count). The molecule has 0 radical (unpaired) electrons. The Labute approximate surface area is 176 Å². The average molecular weight is 455 g/mol. The normalized spacial score (nSPS) is 16.8. The number of likely N-dealkylation sites (N-methyl/N-ethyl adjacent to an activating group) is 1. The van der Waals surface area contributed by atoms with Gasteiger partial charge in [0.1, 0.15) is 5.60 Å². The fraction of sp³-hybridized carbons (Fsp3) is 0.619. The number of nitrogens with zero attached hydrogens (tertiary/aromatic N) is 2. The SMILES string of the molecule is CCOC(=O)c1cc(Br)cc(N(CC)C2CCN(C(=O)OC(C)(C)C)C2)c1C. The van der Waals surface area contributed by atoms with E-state index < -0.39 is 5.60 Å². The van der Waals surface area contributed by atoms with Gasteiger partial charge in [0.25, 0.3) is 0 Å². The van der Waals surface area contributed by atoms with Gasteiger partial charge in [-0.05, 0) is 65.7 Å². The molecule has 156 valence electrons. The zero-order chi connectivity index (χ0) is 21.1. The second-order valence-corrected chi connectivity index (χ2v) is 8.89. The lowest BCUT2D eigenvalue weighted by atomic mass is 10.0. The molecular formula is C21H31BrN2O4. The molecule has 1 unspecified atom stereocenters. The lowest BCUT2D eigenvalue weighted by Crippen LogP contribution is -2.41. The number of rotatable bonds is 5. The van der Waals surface area contributed by atoms with E-state index in [1.165, 1.54) is 0 Å². The van der Waals surface area contributed by atoms with Crippen LogP contribution in [0.25, 0.3) is 0 Å². The van der Waals surface area contributed by atoms with Crippen LogP contribution in [0.2, 0.25) is 0 Å². The van der Waals surface area contributed by atoms with E-state index in [0.29, 0.717) is 25.3 Å². The van der Waals surface area contributed by atoms with E-state index >= 15 is 0 Å². The largest absolute Gasteiger partial charge is 0.462 e. The van der Waals surface area contributed by atoms with Gasteiger partial charge < -0.3 is 19.3 Å². The number of carbonyl (C=O) groups is 2. The minimum absolute atomic E-state index is 0.167. The fourth-order valence-electron chi connectivity index (χ4n) is 3.50. The number of carbonyl (C=O) groups excluding carboxylic acids is 2. The highest BCUT2D eigenvalue weighted by Crippen LogP contribution is 2.32. The highest BCUT2D eigenvalue weighted by atomic mass is 79.9. The molecule has 1 saturated heterocycles. The zero-order valence-corrected chi connectivity index (χ0v) is 19.3. The van der Waals surface area contributed by atoms with Gasteiger partial charge in [0.15, 0.2) is 0 Å². The second kappa shape index (κ2) is 9.16. The molecule has 0 saturated carbocycles. The first kappa shape index (κ1) is 22.5. The third kappa shape index (κ3) is 5.40. The van der Waals surface area contributed by atoms with E-state index in [0.717, 1.165) is 28.7 Å². The summed E-state index contributed by atoms with van der Waals surface area (Å²) in [6.07, 6.45) is 0.581. The Morgan fingerprint density at radius 2 is 1.96 bits per heavy atom. The fourth-order valence-corrected chi connectivity index (χ4v) is 3.94. The molecule has 28 heavy (non-hydrogen) atoms. The van der Waals surface area contributed by atoms with Crippen molar-refractivity contribution in [1.82, 2.24) is 4.90 Å². The van der Waals surface area contributed by atoms with E-state index in [1.54, 1.807) is 17.9 Å². The lowest BCUT2D eigenvalue weighted by molar-refractivity contribution is 0.0292. The van der Waals surface area contributed by atoms with Crippen LogP contribution in [0.5, 0.6) is 0 Å². The van der Waals surface area contributed by atoms with E-state index in [9.17, 15) is 9.59 Å². The van der Waals surface area contributed by atoms with E-state index in [4.69, 9.17) is 9.47 Å². The van der Waals surface area contributed by atoms with Crippen molar-refractivity contribution in [2.75, 3.05) is 31.1 Å². The summed E-state index contributed by atoms with van der Waals surface area (Å²) in [5.41, 5.74) is 1.93. The topological polar surface area (TPSA) is 59.1 Å². The molecule has 0 aliphatic carbocycles. The number of hydrogen-bond acceptors (Lipinski definition) is 5. The molecule has 1 aromatic rings. The molecule has 0 spiro atoms. The first-order valence-corrected chi connectivity index (χ1v) is 10.6. The molecule has 1 aliphatic heterocycles. The van der Waals surface area contributed by atoms with Gasteiger partial charge in [-0.15, -0.1) is 0 Å². The molecule has 7 heteroatoms. The van der Waals surface area contributed by atoms with Crippen LogP contribution in [-0.2, 0) is 9.47 Å². The van der Waals surface area contributed by atoms with Crippen molar-refractivity contribution in [3.05, 3.63) is 27.7 Å².